The maximum atomic E-state index is 3.22. The molecule has 0 spiro atoms. The van der Waals surface area contributed by atoms with Crippen LogP contribution in [0.2, 0.25) is 0 Å². The van der Waals surface area contributed by atoms with Crippen LogP contribution in [0.4, 0.5) is 0 Å². The van der Waals surface area contributed by atoms with Crippen molar-refractivity contribution in [2.45, 2.75) is 39.2 Å². The minimum atomic E-state index is 0.282. The van der Waals surface area contributed by atoms with Gasteiger partial charge in [-0.2, -0.15) is 0 Å². The van der Waals surface area contributed by atoms with Crippen LogP contribution in [0.3, 0.4) is 0 Å². The zero-order valence-corrected chi connectivity index (χ0v) is 9.28. The Morgan fingerprint density at radius 3 is 2.33 bits per heavy atom. The quantitative estimate of drug-likeness (QED) is 0.656. The highest BCUT2D eigenvalue weighted by molar-refractivity contribution is 4.80. The van der Waals surface area contributed by atoms with Crippen molar-refractivity contribution in [1.29, 1.82) is 0 Å². The Balaban J connectivity index is 3.79. The second-order valence-corrected chi connectivity index (χ2v) is 4.12. The average Bonchev–Trinajstić information content (AvgIpc) is 2.00. The summed E-state index contributed by atoms with van der Waals surface area (Å²) in [5.74, 6) is 0. The molecule has 0 heterocycles. The van der Waals surface area contributed by atoms with Gasteiger partial charge >= 0.3 is 0 Å². The number of hydrogen-bond acceptors (Lipinski definition) is 2. The van der Waals surface area contributed by atoms with Gasteiger partial charge in [0, 0.05) is 12.1 Å². The molecular weight excluding hydrogens is 148 g/mol. The molecule has 0 atom stereocenters. The van der Waals surface area contributed by atoms with Crippen molar-refractivity contribution in [3.63, 3.8) is 0 Å². The molecule has 0 rings (SSSR count). The second kappa shape index (κ2) is 5.55. The molecular formula is C10H24N2. The zero-order chi connectivity index (χ0) is 9.61. The molecule has 12 heavy (non-hydrogen) atoms. The fraction of sp³-hybridized carbons (Fsp3) is 1.00. The molecule has 2 heteroatoms. The minimum absolute atomic E-state index is 0.282. The highest BCUT2D eigenvalue weighted by atomic mass is 15.2. The van der Waals surface area contributed by atoms with E-state index in [1.807, 2.05) is 7.05 Å². The summed E-state index contributed by atoms with van der Waals surface area (Å²) in [7, 11) is 4.21. The van der Waals surface area contributed by atoms with Crippen molar-refractivity contribution in [1.82, 2.24) is 10.2 Å². The first-order chi connectivity index (χ1) is 5.54. The molecule has 0 radical (unpaired) electrons. The van der Waals surface area contributed by atoms with Crippen LogP contribution in [0.5, 0.6) is 0 Å². The summed E-state index contributed by atoms with van der Waals surface area (Å²) in [6, 6.07) is 0. The number of hydrogen-bond donors (Lipinski definition) is 1. The lowest BCUT2D eigenvalue weighted by Gasteiger charge is -2.35. The van der Waals surface area contributed by atoms with Crippen molar-refractivity contribution >= 4 is 0 Å². The molecule has 0 aromatic rings. The molecule has 0 fully saturated rings. The standard InChI is InChI=1S/C10H24N2/c1-6-7-8-12(5)10(2,3)9-11-4/h11H,6-9H2,1-5H3. The van der Waals surface area contributed by atoms with Crippen LogP contribution in [0.1, 0.15) is 33.6 Å². The van der Waals surface area contributed by atoms with Crippen molar-refractivity contribution in [3.05, 3.63) is 0 Å². The molecule has 1 N–H and O–H groups in total. The molecule has 0 amide bonds. The summed E-state index contributed by atoms with van der Waals surface area (Å²) < 4.78 is 0. The Kier molecular flexibility index (Phi) is 5.51. The third-order valence-corrected chi connectivity index (χ3v) is 2.49. The van der Waals surface area contributed by atoms with E-state index in [0.717, 1.165) is 6.54 Å². The first kappa shape index (κ1) is 11.9. The lowest BCUT2D eigenvalue weighted by Crippen LogP contribution is -2.48. The monoisotopic (exact) mass is 172 g/mol. The second-order valence-electron chi connectivity index (χ2n) is 4.12. The van der Waals surface area contributed by atoms with Crippen molar-refractivity contribution in [2.24, 2.45) is 0 Å². The number of nitrogens with one attached hydrogen (secondary N) is 1. The molecule has 0 aromatic heterocycles. The van der Waals surface area contributed by atoms with Crippen molar-refractivity contribution in [2.75, 3.05) is 27.2 Å². The average molecular weight is 172 g/mol. The zero-order valence-electron chi connectivity index (χ0n) is 9.28. The number of likely N-dealkylation sites (N-methyl/N-ethyl adjacent to an activating group) is 2. The highest BCUT2D eigenvalue weighted by Crippen LogP contribution is 2.11. The van der Waals surface area contributed by atoms with E-state index in [-0.39, 0.29) is 5.54 Å². The fourth-order valence-corrected chi connectivity index (χ4v) is 1.27. The fourth-order valence-electron chi connectivity index (χ4n) is 1.27. The van der Waals surface area contributed by atoms with Crippen LogP contribution in [0.15, 0.2) is 0 Å². The first-order valence-electron chi connectivity index (χ1n) is 4.90. The number of unbranched alkanes of at least 4 members (excludes halogenated alkanes) is 1. The normalized spacial score (nSPS) is 12.5. The molecule has 0 aliphatic heterocycles. The van der Waals surface area contributed by atoms with Gasteiger partial charge in [-0.1, -0.05) is 13.3 Å². The van der Waals surface area contributed by atoms with E-state index in [1.165, 1.54) is 19.4 Å². The predicted molar refractivity (Wildman–Crippen MR) is 55.5 cm³/mol. The Bertz CT molecular complexity index is 110. The number of nitrogens with zero attached hydrogens (tertiary/aromatic N) is 1. The predicted octanol–water partition coefficient (Wildman–Crippen LogP) is 1.72. The van der Waals surface area contributed by atoms with Crippen molar-refractivity contribution < 1.29 is 0 Å². The van der Waals surface area contributed by atoms with Crippen LogP contribution in [-0.4, -0.2) is 37.6 Å². The van der Waals surface area contributed by atoms with E-state index < -0.39 is 0 Å². The SMILES string of the molecule is CCCCN(C)C(C)(C)CNC. The lowest BCUT2D eigenvalue weighted by molar-refractivity contribution is 0.153. The molecule has 0 aliphatic rings. The summed E-state index contributed by atoms with van der Waals surface area (Å²) in [6.07, 6.45) is 2.57. The molecule has 0 saturated heterocycles. The van der Waals surface area contributed by atoms with E-state index in [1.54, 1.807) is 0 Å². The summed E-state index contributed by atoms with van der Waals surface area (Å²) >= 11 is 0. The van der Waals surface area contributed by atoms with Gasteiger partial charge in [-0.3, -0.25) is 4.90 Å². The van der Waals surface area contributed by atoms with Gasteiger partial charge in [-0.25, -0.2) is 0 Å². The van der Waals surface area contributed by atoms with E-state index >= 15 is 0 Å². The maximum Gasteiger partial charge on any atom is 0.0274 e. The Hall–Kier alpha value is -0.0800. The Labute approximate surface area is 77.3 Å². The largest absolute Gasteiger partial charge is 0.318 e. The summed E-state index contributed by atoms with van der Waals surface area (Å²) in [4.78, 5) is 2.42. The van der Waals surface area contributed by atoms with E-state index in [2.05, 4.69) is 38.0 Å². The summed E-state index contributed by atoms with van der Waals surface area (Å²) in [5, 5.41) is 3.22. The van der Waals surface area contributed by atoms with Crippen LogP contribution in [0.25, 0.3) is 0 Å². The van der Waals surface area contributed by atoms with Crippen molar-refractivity contribution in [3.8, 4) is 0 Å². The molecule has 0 bridgehead atoms. The molecule has 74 valence electrons. The summed E-state index contributed by atoms with van der Waals surface area (Å²) in [6.45, 7) is 9.04. The smallest absolute Gasteiger partial charge is 0.0274 e. The van der Waals surface area contributed by atoms with Gasteiger partial charge in [0.15, 0.2) is 0 Å². The lowest BCUT2D eigenvalue weighted by atomic mass is 10.0. The Morgan fingerprint density at radius 1 is 1.33 bits per heavy atom. The Morgan fingerprint density at radius 2 is 1.92 bits per heavy atom. The van der Waals surface area contributed by atoms with E-state index in [0.29, 0.717) is 0 Å². The van der Waals surface area contributed by atoms with Gasteiger partial charge in [0.2, 0.25) is 0 Å². The highest BCUT2D eigenvalue weighted by Gasteiger charge is 2.21. The topological polar surface area (TPSA) is 15.3 Å². The van der Waals surface area contributed by atoms with Crippen LogP contribution in [-0.2, 0) is 0 Å². The van der Waals surface area contributed by atoms with Crippen LogP contribution in [0, 0.1) is 0 Å². The van der Waals surface area contributed by atoms with Gasteiger partial charge in [0.1, 0.15) is 0 Å². The summed E-state index contributed by atoms with van der Waals surface area (Å²) in [5.41, 5.74) is 0.282. The third kappa shape index (κ3) is 4.07. The molecule has 0 saturated carbocycles. The molecule has 2 nitrogen and oxygen atoms in total. The van der Waals surface area contributed by atoms with Gasteiger partial charge in [0.05, 0.1) is 0 Å². The van der Waals surface area contributed by atoms with Gasteiger partial charge in [-0.15, -0.1) is 0 Å². The number of rotatable bonds is 6. The first-order valence-corrected chi connectivity index (χ1v) is 4.90. The maximum absolute atomic E-state index is 3.22. The molecule has 0 aromatic carbocycles. The van der Waals surface area contributed by atoms with Gasteiger partial charge in [-0.05, 0) is 40.9 Å². The third-order valence-electron chi connectivity index (χ3n) is 2.49. The van der Waals surface area contributed by atoms with E-state index in [4.69, 9.17) is 0 Å². The molecule has 0 unspecified atom stereocenters. The van der Waals surface area contributed by atoms with Gasteiger partial charge < -0.3 is 5.32 Å². The van der Waals surface area contributed by atoms with Crippen LogP contribution < -0.4 is 5.32 Å². The molecule has 0 aliphatic carbocycles. The van der Waals surface area contributed by atoms with E-state index in [9.17, 15) is 0 Å². The van der Waals surface area contributed by atoms with Gasteiger partial charge in [0.25, 0.3) is 0 Å². The minimum Gasteiger partial charge on any atom is -0.318 e. The van der Waals surface area contributed by atoms with Crippen LogP contribution >= 0.6 is 0 Å².